The highest BCUT2D eigenvalue weighted by molar-refractivity contribution is 5.40. The van der Waals surface area contributed by atoms with E-state index in [0.717, 1.165) is 44.0 Å². The van der Waals surface area contributed by atoms with E-state index in [9.17, 15) is 0 Å². The third-order valence-electron chi connectivity index (χ3n) is 5.25. The number of nitrogens with one attached hydrogen (secondary N) is 2. The molecule has 0 aliphatic carbocycles. The largest absolute Gasteiger partial charge is 0.492 e. The molecule has 1 fully saturated rings. The van der Waals surface area contributed by atoms with E-state index < -0.39 is 0 Å². The van der Waals surface area contributed by atoms with Crippen LogP contribution in [0, 0.1) is 0 Å². The number of nitrogens with zero attached hydrogens (tertiary/aromatic N) is 3. The topological polar surface area (TPSA) is 62.3 Å². The van der Waals surface area contributed by atoms with Crippen LogP contribution in [0.15, 0.2) is 72.9 Å². The number of benzene rings is 2. The van der Waals surface area contributed by atoms with E-state index in [2.05, 4.69) is 55.8 Å². The summed E-state index contributed by atoms with van der Waals surface area (Å²) in [6.45, 7) is 4.46. The second-order valence-electron chi connectivity index (χ2n) is 7.53. The average Bonchev–Trinajstić information content (AvgIpc) is 2.80. The van der Waals surface area contributed by atoms with Crippen LogP contribution >= 0.6 is 0 Å². The lowest BCUT2D eigenvalue weighted by Crippen LogP contribution is -2.39. The summed E-state index contributed by atoms with van der Waals surface area (Å²) >= 11 is 0. The van der Waals surface area contributed by atoms with Crippen molar-refractivity contribution < 1.29 is 4.74 Å². The van der Waals surface area contributed by atoms with Crippen molar-refractivity contribution in [2.45, 2.75) is 25.4 Å². The number of rotatable bonds is 9. The minimum atomic E-state index is 0.411. The zero-order chi connectivity index (χ0) is 20.4. The first-order valence-electron chi connectivity index (χ1n) is 10.6. The third kappa shape index (κ3) is 6.19. The van der Waals surface area contributed by atoms with Crippen molar-refractivity contribution in [1.29, 1.82) is 0 Å². The lowest BCUT2D eigenvalue weighted by atomic mass is 10.0. The molecule has 0 amide bonds. The normalized spacial score (nSPS) is 14.9. The highest BCUT2D eigenvalue weighted by atomic mass is 16.5. The van der Waals surface area contributed by atoms with Gasteiger partial charge in [-0.3, -0.25) is 4.90 Å². The minimum Gasteiger partial charge on any atom is -0.492 e. The molecule has 3 aromatic rings. The van der Waals surface area contributed by atoms with Crippen molar-refractivity contribution in [2.75, 3.05) is 36.9 Å². The summed E-state index contributed by atoms with van der Waals surface area (Å²) < 4.78 is 5.71. The molecule has 0 radical (unpaired) electrons. The van der Waals surface area contributed by atoms with Crippen molar-refractivity contribution in [2.24, 2.45) is 0 Å². The number of piperidine rings is 1. The Morgan fingerprint density at radius 1 is 0.933 bits per heavy atom. The molecule has 0 atom stereocenters. The van der Waals surface area contributed by atoms with Crippen molar-refractivity contribution in [1.82, 2.24) is 14.9 Å². The van der Waals surface area contributed by atoms with E-state index in [1.807, 2.05) is 36.4 Å². The van der Waals surface area contributed by atoms with Gasteiger partial charge in [0, 0.05) is 31.9 Å². The van der Waals surface area contributed by atoms with E-state index in [1.54, 1.807) is 6.20 Å². The second kappa shape index (κ2) is 10.6. The Hall–Kier alpha value is -3.12. The van der Waals surface area contributed by atoms with E-state index in [0.29, 0.717) is 25.1 Å². The quantitative estimate of drug-likeness (QED) is 0.526. The van der Waals surface area contributed by atoms with Gasteiger partial charge in [0.25, 0.3) is 0 Å². The van der Waals surface area contributed by atoms with Crippen LogP contribution in [0.3, 0.4) is 0 Å². The van der Waals surface area contributed by atoms with Gasteiger partial charge >= 0.3 is 0 Å². The van der Waals surface area contributed by atoms with E-state index in [4.69, 9.17) is 4.74 Å². The second-order valence-corrected chi connectivity index (χ2v) is 7.53. The van der Waals surface area contributed by atoms with Crippen LogP contribution in [0.4, 0.5) is 11.8 Å². The third-order valence-corrected chi connectivity index (χ3v) is 5.25. The van der Waals surface area contributed by atoms with Gasteiger partial charge in [-0.1, -0.05) is 48.5 Å². The molecule has 1 aliphatic heterocycles. The van der Waals surface area contributed by atoms with Crippen LogP contribution in [-0.4, -0.2) is 47.2 Å². The first-order valence-corrected chi connectivity index (χ1v) is 10.6. The molecule has 6 nitrogen and oxygen atoms in total. The van der Waals surface area contributed by atoms with Crippen molar-refractivity contribution >= 4 is 11.8 Å². The molecular formula is C24H29N5O. The summed E-state index contributed by atoms with van der Waals surface area (Å²) in [5, 5.41) is 6.80. The van der Waals surface area contributed by atoms with E-state index >= 15 is 0 Å². The summed E-state index contributed by atoms with van der Waals surface area (Å²) in [6.07, 6.45) is 3.98. The molecule has 2 heterocycles. The SMILES string of the molecule is c1ccc(CN2CCC(Nc3nccc(NCCOc4ccccc4)n3)CC2)cc1. The van der Waals surface area contributed by atoms with Crippen molar-refractivity contribution in [3.05, 3.63) is 78.5 Å². The summed E-state index contributed by atoms with van der Waals surface area (Å²) in [4.78, 5) is 11.5. The summed E-state index contributed by atoms with van der Waals surface area (Å²) in [5.41, 5.74) is 1.38. The van der Waals surface area contributed by atoms with Gasteiger partial charge in [-0.05, 0) is 36.6 Å². The summed E-state index contributed by atoms with van der Waals surface area (Å²) in [7, 11) is 0. The zero-order valence-corrected chi connectivity index (χ0v) is 17.2. The summed E-state index contributed by atoms with van der Waals surface area (Å²) in [6, 6.07) is 22.8. The lowest BCUT2D eigenvalue weighted by molar-refractivity contribution is 0.211. The van der Waals surface area contributed by atoms with Gasteiger partial charge in [-0.2, -0.15) is 4.98 Å². The van der Waals surface area contributed by atoms with Gasteiger partial charge in [-0.15, -0.1) is 0 Å². The van der Waals surface area contributed by atoms with Gasteiger partial charge in [-0.25, -0.2) is 4.98 Å². The lowest BCUT2D eigenvalue weighted by Gasteiger charge is -2.32. The standard InChI is InChI=1S/C24H29N5O/c1-3-7-20(8-4-1)19-29-16-12-21(13-17-29)27-24-26-14-11-23(28-24)25-15-18-30-22-9-5-2-6-10-22/h1-11,14,21H,12-13,15-19H2,(H2,25,26,27,28). The molecule has 0 spiro atoms. The molecule has 2 aromatic carbocycles. The molecule has 1 aliphatic rings. The number of likely N-dealkylation sites (tertiary alicyclic amines) is 1. The molecule has 1 saturated heterocycles. The van der Waals surface area contributed by atoms with Crippen molar-refractivity contribution in [3.63, 3.8) is 0 Å². The molecule has 156 valence electrons. The molecule has 4 rings (SSSR count). The fourth-order valence-electron chi connectivity index (χ4n) is 3.65. The molecule has 0 unspecified atom stereocenters. The maximum absolute atomic E-state index is 5.71. The number of ether oxygens (including phenoxy) is 1. The number of hydrogen-bond acceptors (Lipinski definition) is 6. The Kier molecular flexibility index (Phi) is 7.12. The van der Waals surface area contributed by atoms with Crippen LogP contribution in [0.25, 0.3) is 0 Å². The Morgan fingerprint density at radius 2 is 1.67 bits per heavy atom. The molecule has 2 N–H and O–H groups in total. The Morgan fingerprint density at radius 3 is 2.43 bits per heavy atom. The fraction of sp³-hybridized carbons (Fsp3) is 0.333. The predicted octanol–water partition coefficient (Wildman–Crippen LogP) is 4.04. The predicted molar refractivity (Wildman–Crippen MR) is 121 cm³/mol. The first-order chi connectivity index (χ1) is 14.8. The number of para-hydroxylation sites is 1. The van der Waals surface area contributed by atoms with Crippen LogP contribution < -0.4 is 15.4 Å². The molecular weight excluding hydrogens is 374 g/mol. The zero-order valence-electron chi connectivity index (χ0n) is 17.2. The maximum atomic E-state index is 5.71. The average molecular weight is 404 g/mol. The Labute approximate surface area is 178 Å². The molecule has 0 bridgehead atoms. The number of hydrogen-bond donors (Lipinski definition) is 2. The van der Waals surface area contributed by atoms with E-state index in [-0.39, 0.29) is 0 Å². The van der Waals surface area contributed by atoms with Crippen LogP contribution in [0.5, 0.6) is 5.75 Å². The monoisotopic (exact) mass is 403 g/mol. The first kappa shape index (κ1) is 20.2. The van der Waals surface area contributed by atoms with Gasteiger partial charge in [0.2, 0.25) is 5.95 Å². The fourth-order valence-corrected chi connectivity index (χ4v) is 3.65. The van der Waals surface area contributed by atoms with Gasteiger partial charge in [0.1, 0.15) is 18.2 Å². The number of anilines is 2. The Balaban J connectivity index is 1.19. The minimum absolute atomic E-state index is 0.411. The van der Waals surface area contributed by atoms with Crippen LogP contribution in [-0.2, 0) is 6.54 Å². The molecule has 6 heteroatoms. The smallest absolute Gasteiger partial charge is 0.224 e. The van der Waals surface area contributed by atoms with E-state index in [1.165, 1.54) is 5.56 Å². The van der Waals surface area contributed by atoms with Crippen LogP contribution in [0.1, 0.15) is 18.4 Å². The Bertz CT molecular complexity index is 882. The van der Waals surface area contributed by atoms with Gasteiger partial charge < -0.3 is 15.4 Å². The molecule has 1 aromatic heterocycles. The highest BCUT2D eigenvalue weighted by Crippen LogP contribution is 2.17. The van der Waals surface area contributed by atoms with Gasteiger partial charge in [0.05, 0.1) is 6.54 Å². The van der Waals surface area contributed by atoms with Crippen molar-refractivity contribution in [3.8, 4) is 5.75 Å². The van der Waals surface area contributed by atoms with Gasteiger partial charge in [0.15, 0.2) is 0 Å². The van der Waals surface area contributed by atoms with Crippen LogP contribution in [0.2, 0.25) is 0 Å². The number of aromatic nitrogens is 2. The summed E-state index contributed by atoms with van der Waals surface area (Å²) in [5.74, 6) is 2.37. The highest BCUT2D eigenvalue weighted by Gasteiger charge is 2.19. The molecule has 0 saturated carbocycles. The molecule has 30 heavy (non-hydrogen) atoms. The maximum Gasteiger partial charge on any atom is 0.224 e.